The Hall–Kier alpha value is -10.8. The van der Waals surface area contributed by atoms with Crippen LogP contribution in [0.5, 0.6) is 0 Å². The number of Topliss-reactive ketones (excluding diaryl/α,β-unsaturated/α-hetero) is 1. The average Bonchev–Trinajstić information content (AvgIpc) is 0.789. The largest absolute Gasteiger partial charge is 0.481 e. The van der Waals surface area contributed by atoms with Crippen molar-refractivity contribution < 1.29 is 77.0 Å². The Morgan fingerprint density at radius 1 is 0.409 bits per heavy atom. The van der Waals surface area contributed by atoms with Crippen LogP contribution in [0.4, 0.5) is 0 Å². The number of carboxylic acids is 1. The molecule has 33 N–H and O–H groups in total. The zero-order chi connectivity index (χ0) is 83.3. The summed E-state index contributed by atoms with van der Waals surface area (Å²) in [7, 11) is 0. The number of nitrogens with two attached hydrogens (primary N) is 10. The molecular formula is C66H114N26O16S2. The van der Waals surface area contributed by atoms with E-state index in [-0.39, 0.29) is 144 Å². The summed E-state index contributed by atoms with van der Waals surface area (Å²) in [6.45, 7) is 8.45. The van der Waals surface area contributed by atoms with Gasteiger partial charge in [-0.05, 0) is 87.5 Å². The summed E-state index contributed by atoms with van der Waals surface area (Å²) < 4.78 is 0. The van der Waals surface area contributed by atoms with Crippen LogP contribution in [0.25, 0.3) is 0 Å². The number of benzene rings is 1. The molecule has 110 heavy (non-hydrogen) atoms. The molecule has 0 radical (unpaired) electrons. The Morgan fingerprint density at radius 3 is 1.15 bits per heavy atom. The summed E-state index contributed by atoms with van der Waals surface area (Å²) >= 11 is 8.09. The second kappa shape index (κ2) is 52.3. The third kappa shape index (κ3) is 40.4. The number of aliphatic imine (C=N–C) groups is 4. The number of carbonyl (C=O) groups excluding carboxylic acids is 14. The molecule has 616 valence electrons. The van der Waals surface area contributed by atoms with E-state index in [4.69, 9.17) is 57.3 Å². The molecule has 0 unspecified atom stereocenters. The van der Waals surface area contributed by atoms with Gasteiger partial charge in [-0.1, -0.05) is 78.3 Å². The van der Waals surface area contributed by atoms with Gasteiger partial charge < -0.3 is 126 Å². The minimum atomic E-state index is -1.99. The van der Waals surface area contributed by atoms with Crippen molar-refractivity contribution in [2.45, 2.75) is 191 Å². The number of carboxylic acid groups (broad SMARTS) is 1. The number of carbonyl (C=O) groups is 15. The lowest BCUT2D eigenvalue weighted by atomic mass is 9.96. The fourth-order valence-electron chi connectivity index (χ4n) is 10.3. The highest BCUT2D eigenvalue weighted by atomic mass is 32.1. The van der Waals surface area contributed by atoms with E-state index in [1.807, 2.05) is 0 Å². The molecule has 0 saturated carbocycles. The summed E-state index contributed by atoms with van der Waals surface area (Å²) in [5.74, 6) is -18.4. The Kier molecular flexibility index (Phi) is 46.2. The topological polar surface area (TPSA) is 730 Å². The third-order valence-corrected chi connectivity index (χ3v) is 17.0. The standard InChI is InChI=1S/C66H114N26O16S2/c1-7-35(6)50(62(108)90-43(26-34(4)5)59(105)85-40(19-13-23-79-65(73)74)57(103)91-46(32-110)51(97)52(68)98)92-58(104)41(20-14-24-80-66(75)76)86-61(107)45(28-49(95)96)89-60(106)42(25-33(2)3)88-56(102)39(18-12-22-78-64(71)72)84-55(101)38(17-11-21-77-63(69)70)83-48(94)30-81-47(93)29-82-54(100)44(87-53(99)37(67)31-109)27-36-15-9-8-10-16-36/h8-10,15-16,33-35,37-46,50,109-110H,7,11-14,17-32,67H2,1-6H3,(H2,68,98)(H,81,93)(H,82,100)(H,83,94)(H,84,101)(H,85,105)(H,86,107)(H,87,99)(H,88,102)(H,89,106)(H,90,108)(H,91,103)(H,92,104)(H,95,96)(H4,69,70,77)(H4,71,72,78)(H4,73,74,79)(H4,75,76,80)/t35-,37-,38-,39-,40-,41-,42-,43-,44-,45-,46-,50-/m0/s1. The zero-order valence-corrected chi connectivity index (χ0v) is 64.6. The Morgan fingerprint density at radius 2 is 0.764 bits per heavy atom. The molecule has 12 atom stereocenters. The molecule has 0 fully saturated rings. The highest BCUT2D eigenvalue weighted by Crippen LogP contribution is 2.16. The monoisotopic (exact) mass is 1590 g/mol. The Labute approximate surface area is 648 Å². The molecule has 0 aliphatic carbocycles. The van der Waals surface area contributed by atoms with E-state index < -0.39 is 186 Å². The zero-order valence-electron chi connectivity index (χ0n) is 62.8. The number of nitrogens with zero attached hydrogens (tertiary/aromatic N) is 4. The SMILES string of the molecule is CC[C@H](C)[C@H](NC(=O)[C@H](CCCN=C(N)N)NC(=O)[C@H](CC(=O)O)NC(=O)[C@H](CC(C)C)NC(=O)[C@H](CCCN=C(N)N)NC(=O)[C@H](CCCN=C(N)N)NC(=O)CNC(=O)CNC(=O)[C@H](Cc1ccccc1)NC(=O)[C@@H](N)CS)C(=O)N[C@@H](CC(C)C)C(=O)N[C@@H](CCCN=C(N)N)C(=O)N[C@@H](CS)C(=O)C(N)=O. The first-order valence-corrected chi connectivity index (χ1v) is 36.9. The molecule has 0 aromatic heterocycles. The minimum absolute atomic E-state index is 0.00165. The summed E-state index contributed by atoms with van der Waals surface area (Å²) in [5, 5.41) is 40.2. The van der Waals surface area contributed by atoms with Gasteiger partial charge in [0.15, 0.2) is 23.8 Å². The molecule has 44 heteroatoms. The third-order valence-electron chi connectivity index (χ3n) is 16.2. The van der Waals surface area contributed by atoms with Crippen LogP contribution in [0.2, 0.25) is 0 Å². The van der Waals surface area contributed by atoms with E-state index in [0.29, 0.717) is 5.56 Å². The first-order valence-electron chi connectivity index (χ1n) is 35.6. The van der Waals surface area contributed by atoms with Crippen LogP contribution < -0.4 is 121 Å². The second-order valence-corrected chi connectivity index (χ2v) is 27.2. The van der Waals surface area contributed by atoms with Crippen LogP contribution in [-0.4, -0.2) is 235 Å². The van der Waals surface area contributed by atoms with Crippen LogP contribution in [0.3, 0.4) is 0 Å². The second-order valence-electron chi connectivity index (χ2n) is 26.5. The highest BCUT2D eigenvalue weighted by molar-refractivity contribution is 7.80. The summed E-state index contributed by atoms with van der Waals surface area (Å²) in [4.78, 5) is 220. The Bertz CT molecular complexity index is 3370. The summed E-state index contributed by atoms with van der Waals surface area (Å²) in [6, 6.07) is -7.58. The lowest BCUT2D eigenvalue weighted by Crippen LogP contribution is -2.61. The predicted molar refractivity (Wildman–Crippen MR) is 416 cm³/mol. The van der Waals surface area contributed by atoms with Gasteiger partial charge in [0.25, 0.3) is 5.91 Å². The molecule has 1 aromatic carbocycles. The maximum atomic E-state index is 14.6. The molecule has 0 aliphatic heterocycles. The fourth-order valence-corrected chi connectivity index (χ4v) is 10.7. The first kappa shape index (κ1) is 97.2. The van der Waals surface area contributed by atoms with Gasteiger partial charge in [0.2, 0.25) is 76.7 Å². The lowest BCUT2D eigenvalue weighted by molar-refractivity contribution is -0.142. The summed E-state index contributed by atoms with van der Waals surface area (Å²) in [5.41, 5.74) is 55.9. The van der Waals surface area contributed by atoms with Crippen molar-refractivity contribution in [3.05, 3.63) is 35.9 Å². The average molecular weight is 1590 g/mol. The molecule has 42 nitrogen and oxygen atoms in total. The number of guanidine groups is 4. The van der Waals surface area contributed by atoms with E-state index in [1.54, 1.807) is 71.9 Å². The predicted octanol–water partition coefficient (Wildman–Crippen LogP) is -8.62. The van der Waals surface area contributed by atoms with Crippen molar-refractivity contribution in [3.63, 3.8) is 0 Å². The molecular weight excluding hydrogens is 1480 g/mol. The van der Waals surface area contributed by atoms with Gasteiger partial charge in [0.05, 0.1) is 25.6 Å². The van der Waals surface area contributed by atoms with Gasteiger partial charge in [-0.2, -0.15) is 25.3 Å². The maximum absolute atomic E-state index is 14.6. The molecule has 1 aromatic rings. The van der Waals surface area contributed by atoms with E-state index >= 15 is 0 Å². The van der Waals surface area contributed by atoms with Crippen molar-refractivity contribution in [3.8, 4) is 0 Å². The smallest absolute Gasteiger partial charge is 0.305 e. The lowest BCUT2D eigenvalue weighted by Gasteiger charge is -2.30. The van der Waals surface area contributed by atoms with Crippen molar-refractivity contribution in [2.75, 3.05) is 50.8 Å². The molecule has 13 amide bonds. The van der Waals surface area contributed by atoms with Gasteiger partial charge in [-0.15, -0.1) is 0 Å². The Balaban J connectivity index is 3.71. The fraction of sp³-hybridized carbons (Fsp3) is 0.621. The number of hydrogen-bond acceptors (Lipinski definition) is 22. The van der Waals surface area contributed by atoms with E-state index in [9.17, 15) is 77.0 Å². The van der Waals surface area contributed by atoms with Crippen LogP contribution in [0.1, 0.15) is 124 Å². The number of primary amides is 1. The van der Waals surface area contributed by atoms with Crippen molar-refractivity contribution >= 4 is 138 Å². The maximum Gasteiger partial charge on any atom is 0.305 e. The van der Waals surface area contributed by atoms with Crippen molar-refractivity contribution in [1.29, 1.82) is 0 Å². The van der Waals surface area contributed by atoms with Crippen LogP contribution in [0, 0.1) is 17.8 Å². The summed E-state index contributed by atoms with van der Waals surface area (Å²) in [6.07, 6.45) is -1.72. The molecule has 0 aliphatic rings. The molecule has 0 saturated heterocycles. The van der Waals surface area contributed by atoms with Crippen molar-refractivity contribution in [2.24, 2.45) is 95.1 Å². The quantitative estimate of drug-likeness (QED) is 0.00947. The van der Waals surface area contributed by atoms with Gasteiger partial charge in [-0.25, -0.2) is 0 Å². The van der Waals surface area contributed by atoms with Crippen LogP contribution in [-0.2, 0) is 78.3 Å². The molecule has 0 spiro atoms. The van der Waals surface area contributed by atoms with Gasteiger partial charge in [0, 0.05) is 44.1 Å². The number of rotatable bonds is 54. The highest BCUT2D eigenvalue weighted by Gasteiger charge is 2.38. The number of nitrogens with one attached hydrogen (secondary N) is 12. The number of ketones is 1. The van der Waals surface area contributed by atoms with Crippen LogP contribution in [0.15, 0.2) is 50.3 Å². The molecule has 0 bridgehead atoms. The number of hydrogen-bond donors (Lipinski definition) is 25. The van der Waals surface area contributed by atoms with E-state index in [0.717, 1.165) is 0 Å². The van der Waals surface area contributed by atoms with Gasteiger partial charge in [0.1, 0.15) is 60.4 Å². The number of amides is 13. The van der Waals surface area contributed by atoms with E-state index in [2.05, 4.69) is 109 Å². The number of thiol groups is 2. The van der Waals surface area contributed by atoms with E-state index in [1.165, 1.54) is 0 Å². The minimum Gasteiger partial charge on any atom is -0.481 e. The van der Waals surface area contributed by atoms with Gasteiger partial charge in [-0.3, -0.25) is 91.9 Å². The van der Waals surface area contributed by atoms with Gasteiger partial charge >= 0.3 is 5.97 Å². The van der Waals surface area contributed by atoms with Crippen molar-refractivity contribution in [1.82, 2.24) is 63.8 Å². The molecule has 1 rings (SSSR count). The molecule has 0 heterocycles. The normalized spacial score (nSPS) is 14.2. The first-order chi connectivity index (χ1) is 51.7. The number of aliphatic carboxylic acids is 1. The van der Waals surface area contributed by atoms with Crippen LogP contribution >= 0.6 is 25.3 Å².